The van der Waals surface area contributed by atoms with Gasteiger partial charge in [0.05, 0.1) is 11.4 Å². The summed E-state index contributed by atoms with van der Waals surface area (Å²) in [6.45, 7) is 8.50. The Hall–Kier alpha value is -1.06. The minimum atomic E-state index is -0.0114. The maximum atomic E-state index is 5.42. The van der Waals surface area contributed by atoms with Crippen molar-refractivity contribution < 1.29 is 0 Å². The fourth-order valence-electron chi connectivity index (χ4n) is 1.97. The zero-order valence-corrected chi connectivity index (χ0v) is 9.46. The van der Waals surface area contributed by atoms with Crippen LogP contribution < -0.4 is 11.7 Å². The van der Waals surface area contributed by atoms with Crippen LogP contribution in [0.15, 0.2) is 10.2 Å². The number of hydrogen-bond donors (Lipinski definition) is 2. The third kappa shape index (κ3) is 1.61. The second kappa shape index (κ2) is 3.26. The fourth-order valence-corrected chi connectivity index (χ4v) is 1.97. The lowest BCUT2D eigenvalue weighted by molar-refractivity contribution is 0.346. The summed E-state index contributed by atoms with van der Waals surface area (Å²) in [6.07, 6.45) is 2.13. The normalized spacial score (nSPS) is 30.9. The molecule has 1 aliphatic rings. The highest BCUT2D eigenvalue weighted by molar-refractivity contribution is 6.46. The molecule has 4 heteroatoms. The van der Waals surface area contributed by atoms with Gasteiger partial charge in [-0.15, -0.1) is 0 Å². The quantitative estimate of drug-likeness (QED) is 0.454. The lowest BCUT2D eigenvalue weighted by Gasteiger charge is -2.40. The fraction of sp³-hybridized carbons (Fsp3) is 0.800. The van der Waals surface area contributed by atoms with Crippen LogP contribution >= 0.6 is 0 Å². The zero-order chi connectivity index (χ0) is 11.0. The predicted molar refractivity (Wildman–Crippen MR) is 60.0 cm³/mol. The molecule has 0 saturated heterocycles. The molecule has 0 amide bonds. The van der Waals surface area contributed by atoms with Crippen LogP contribution in [0.3, 0.4) is 0 Å². The van der Waals surface area contributed by atoms with Gasteiger partial charge in [0.25, 0.3) is 0 Å². The first-order valence-electron chi connectivity index (χ1n) is 4.92. The van der Waals surface area contributed by atoms with Gasteiger partial charge in [-0.25, -0.2) is 0 Å². The largest absolute Gasteiger partial charge is 0.323 e. The second-order valence-electron chi connectivity index (χ2n) is 5.22. The molecule has 1 fully saturated rings. The van der Waals surface area contributed by atoms with Crippen LogP contribution in [0.1, 0.15) is 40.5 Å². The third-order valence-electron chi connectivity index (χ3n) is 3.14. The van der Waals surface area contributed by atoms with Gasteiger partial charge in [-0.3, -0.25) is 0 Å². The van der Waals surface area contributed by atoms with E-state index in [1.165, 1.54) is 0 Å². The van der Waals surface area contributed by atoms with Gasteiger partial charge in [-0.2, -0.15) is 10.2 Å². The minimum absolute atomic E-state index is 0.0114. The van der Waals surface area contributed by atoms with E-state index in [9.17, 15) is 0 Å². The van der Waals surface area contributed by atoms with Crippen molar-refractivity contribution >= 4 is 11.4 Å². The average molecular weight is 196 g/mol. The molecule has 14 heavy (non-hydrogen) atoms. The van der Waals surface area contributed by atoms with E-state index < -0.39 is 0 Å². The Morgan fingerprint density at radius 1 is 0.857 bits per heavy atom. The zero-order valence-electron chi connectivity index (χ0n) is 9.46. The predicted octanol–water partition coefficient (Wildman–Crippen LogP) is 1.46. The van der Waals surface area contributed by atoms with Crippen molar-refractivity contribution in [2.75, 3.05) is 0 Å². The molecule has 0 heterocycles. The minimum Gasteiger partial charge on any atom is -0.323 e. The van der Waals surface area contributed by atoms with E-state index in [1.807, 2.05) is 0 Å². The molecule has 0 aromatic rings. The van der Waals surface area contributed by atoms with E-state index in [2.05, 4.69) is 37.9 Å². The average Bonchev–Trinajstić information content (AvgIpc) is 2.09. The molecular formula is C10H20N4. The van der Waals surface area contributed by atoms with Crippen LogP contribution in [0.2, 0.25) is 0 Å². The molecule has 0 atom stereocenters. The number of rotatable bonds is 0. The second-order valence-corrected chi connectivity index (χ2v) is 5.22. The molecule has 0 aromatic heterocycles. The lowest BCUT2D eigenvalue weighted by Crippen LogP contribution is -2.46. The van der Waals surface area contributed by atoms with Gasteiger partial charge >= 0.3 is 0 Å². The molecule has 1 rings (SSSR count). The SMILES string of the molecule is CC1(C)CCC(C)(C)C(=N/N)/C1=N\N. The molecule has 0 unspecified atom stereocenters. The maximum Gasteiger partial charge on any atom is 0.0894 e. The van der Waals surface area contributed by atoms with Crippen molar-refractivity contribution in [3.63, 3.8) is 0 Å². The van der Waals surface area contributed by atoms with Crippen molar-refractivity contribution in [2.45, 2.75) is 40.5 Å². The molecule has 4 nitrogen and oxygen atoms in total. The Morgan fingerprint density at radius 2 is 1.14 bits per heavy atom. The highest BCUT2D eigenvalue weighted by Gasteiger charge is 2.42. The lowest BCUT2D eigenvalue weighted by atomic mass is 9.64. The van der Waals surface area contributed by atoms with Crippen LogP contribution in [-0.4, -0.2) is 11.4 Å². The summed E-state index contributed by atoms with van der Waals surface area (Å²) < 4.78 is 0. The Labute approximate surface area is 85.4 Å². The van der Waals surface area contributed by atoms with E-state index in [4.69, 9.17) is 11.7 Å². The van der Waals surface area contributed by atoms with E-state index in [0.717, 1.165) is 24.3 Å². The maximum absolute atomic E-state index is 5.42. The summed E-state index contributed by atoms with van der Waals surface area (Å²) in [5.74, 6) is 10.8. The molecule has 1 saturated carbocycles. The first-order valence-corrected chi connectivity index (χ1v) is 4.92. The summed E-state index contributed by atoms with van der Waals surface area (Å²) >= 11 is 0. The van der Waals surface area contributed by atoms with Gasteiger partial charge in [-0.1, -0.05) is 27.7 Å². The van der Waals surface area contributed by atoms with E-state index in [-0.39, 0.29) is 10.8 Å². The molecule has 0 bridgehead atoms. The number of hydrazone groups is 2. The first kappa shape index (κ1) is 11.0. The molecule has 4 N–H and O–H groups in total. The number of nitrogens with two attached hydrogens (primary N) is 2. The van der Waals surface area contributed by atoms with Gasteiger partial charge in [0.1, 0.15) is 0 Å². The summed E-state index contributed by atoms with van der Waals surface area (Å²) in [6, 6.07) is 0. The Kier molecular flexibility index (Phi) is 2.56. The molecular weight excluding hydrogens is 176 g/mol. The molecule has 1 aliphatic carbocycles. The van der Waals surface area contributed by atoms with Gasteiger partial charge in [0.2, 0.25) is 0 Å². The van der Waals surface area contributed by atoms with E-state index >= 15 is 0 Å². The van der Waals surface area contributed by atoms with E-state index in [1.54, 1.807) is 0 Å². The van der Waals surface area contributed by atoms with E-state index in [0.29, 0.717) is 0 Å². The Balaban J connectivity index is 3.18. The molecule has 0 radical (unpaired) electrons. The Morgan fingerprint density at radius 3 is 1.36 bits per heavy atom. The van der Waals surface area contributed by atoms with Crippen molar-refractivity contribution in [3.8, 4) is 0 Å². The topological polar surface area (TPSA) is 76.8 Å². The van der Waals surface area contributed by atoms with Gasteiger partial charge < -0.3 is 11.7 Å². The summed E-state index contributed by atoms with van der Waals surface area (Å²) in [4.78, 5) is 0. The van der Waals surface area contributed by atoms with Crippen molar-refractivity contribution in [3.05, 3.63) is 0 Å². The standard InChI is InChI=1S/C10H20N4/c1-9(2)5-6-10(3,4)8(14-12)7(9)13-11/h5-6,11-12H2,1-4H3/b13-7+,14-8+. The summed E-state index contributed by atoms with van der Waals surface area (Å²) in [5, 5.41) is 7.71. The van der Waals surface area contributed by atoms with Crippen LogP contribution in [0.25, 0.3) is 0 Å². The highest BCUT2D eigenvalue weighted by atomic mass is 15.2. The highest BCUT2D eigenvalue weighted by Crippen LogP contribution is 2.40. The molecule has 0 aromatic carbocycles. The smallest absolute Gasteiger partial charge is 0.0894 e. The van der Waals surface area contributed by atoms with Crippen LogP contribution in [-0.2, 0) is 0 Å². The monoisotopic (exact) mass is 196 g/mol. The Bertz CT molecular complexity index is 256. The number of nitrogens with zero attached hydrogens (tertiary/aromatic N) is 2. The number of hydrogen-bond acceptors (Lipinski definition) is 4. The molecule has 0 spiro atoms. The van der Waals surface area contributed by atoms with Gasteiger partial charge in [0, 0.05) is 10.8 Å². The first-order chi connectivity index (χ1) is 6.35. The van der Waals surface area contributed by atoms with Crippen LogP contribution in [0.5, 0.6) is 0 Å². The van der Waals surface area contributed by atoms with Gasteiger partial charge in [0.15, 0.2) is 0 Å². The van der Waals surface area contributed by atoms with Crippen LogP contribution in [0, 0.1) is 10.8 Å². The van der Waals surface area contributed by atoms with Crippen LogP contribution in [0.4, 0.5) is 0 Å². The third-order valence-corrected chi connectivity index (χ3v) is 3.14. The summed E-state index contributed by atoms with van der Waals surface area (Å²) in [5.41, 5.74) is 1.66. The molecule has 80 valence electrons. The van der Waals surface area contributed by atoms with Crippen molar-refractivity contribution in [1.29, 1.82) is 0 Å². The summed E-state index contributed by atoms with van der Waals surface area (Å²) in [7, 11) is 0. The van der Waals surface area contributed by atoms with Crippen molar-refractivity contribution in [2.24, 2.45) is 32.7 Å². The van der Waals surface area contributed by atoms with Gasteiger partial charge in [-0.05, 0) is 12.8 Å². The molecule has 0 aliphatic heterocycles. The van der Waals surface area contributed by atoms with Crippen molar-refractivity contribution in [1.82, 2.24) is 0 Å².